The second-order valence-corrected chi connectivity index (χ2v) is 4.86. The summed E-state index contributed by atoms with van der Waals surface area (Å²) in [6.07, 6.45) is 1.32. The van der Waals surface area contributed by atoms with Crippen molar-refractivity contribution < 1.29 is 19.0 Å². The maximum Gasteiger partial charge on any atom is 0.230 e. The Balaban J connectivity index is 2.07. The molecule has 1 saturated heterocycles. The van der Waals surface area contributed by atoms with Gasteiger partial charge in [0, 0.05) is 12.2 Å². The molecule has 0 aromatic heterocycles. The number of nitrogens with one attached hydrogen (secondary N) is 1. The highest BCUT2D eigenvalue weighted by atomic mass is 19.1. The van der Waals surface area contributed by atoms with Gasteiger partial charge in [-0.05, 0) is 31.0 Å². The maximum atomic E-state index is 13.9. The number of hydrogen-bond acceptors (Lipinski definition) is 3. The number of hydrogen-bond donors (Lipinski definition) is 2. The summed E-state index contributed by atoms with van der Waals surface area (Å²) in [7, 11) is 0. The Morgan fingerprint density at radius 1 is 1.57 bits per heavy atom. The van der Waals surface area contributed by atoms with Crippen LogP contribution < -0.4 is 5.32 Å². The first kappa shape index (κ1) is 15.5. The molecule has 2 atom stereocenters. The standard InChI is InChI=1S/C16H18FNO3/c1-2-15-12(7-9-21-15)16(20)18-14-6-5-11(4-3-8-19)10-13(14)17/h5-6,10,12,15,19H,2,7-9H2,1H3,(H,18,20). The predicted molar refractivity (Wildman–Crippen MR) is 77.1 cm³/mol. The summed E-state index contributed by atoms with van der Waals surface area (Å²) in [5, 5.41) is 11.2. The van der Waals surface area contributed by atoms with Crippen LogP contribution in [0.3, 0.4) is 0 Å². The number of ether oxygens (including phenoxy) is 1. The van der Waals surface area contributed by atoms with Crippen molar-refractivity contribution in [3.05, 3.63) is 29.6 Å². The summed E-state index contributed by atoms with van der Waals surface area (Å²) in [4.78, 5) is 12.2. The molecule has 1 heterocycles. The summed E-state index contributed by atoms with van der Waals surface area (Å²) in [5.74, 6) is 4.07. The molecule has 112 valence electrons. The number of carbonyl (C=O) groups is 1. The molecule has 1 aliphatic rings. The van der Waals surface area contributed by atoms with Crippen molar-refractivity contribution in [2.24, 2.45) is 5.92 Å². The largest absolute Gasteiger partial charge is 0.384 e. The summed E-state index contributed by atoms with van der Waals surface area (Å²) >= 11 is 0. The van der Waals surface area contributed by atoms with Gasteiger partial charge in [0.2, 0.25) is 5.91 Å². The normalized spacial score (nSPS) is 20.7. The molecule has 2 unspecified atom stereocenters. The molecule has 21 heavy (non-hydrogen) atoms. The third-order valence-corrected chi connectivity index (χ3v) is 3.49. The molecule has 1 aromatic carbocycles. The van der Waals surface area contributed by atoms with E-state index < -0.39 is 5.82 Å². The van der Waals surface area contributed by atoms with Gasteiger partial charge >= 0.3 is 0 Å². The Bertz CT molecular complexity index is 577. The monoisotopic (exact) mass is 291 g/mol. The van der Waals surface area contributed by atoms with E-state index in [1.54, 1.807) is 6.07 Å². The zero-order chi connectivity index (χ0) is 15.2. The first-order valence-corrected chi connectivity index (χ1v) is 6.97. The number of aliphatic hydroxyl groups is 1. The number of benzene rings is 1. The van der Waals surface area contributed by atoms with Gasteiger partial charge in [0.1, 0.15) is 12.4 Å². The molecular formula is C16H18FNO3. The van der Waals surface area contributed by atoms with Gasteiger partial charge in [0.15, 0.2) is 0 Å². The number of halogens is 1. The van der Waals surface area contributed by atoms with E-state index in [1.807, 2.05) is 6.92 Å². The van der Waals surface area contributed by atoms with E-state index in [2.05, 4.69) is 17.2 Å². The van der Waals surface area contributed by atoms with Gasteiger partial charge in [-0.15, -0.1) is 0 Å². The summed E-state index contributed by atoms with van der Waals surface area (Å²) < 4.78 is 19.4. The van der Waals surface area contributed by atoms with Crippen molar-refractivity contribution in [1.29, 1.82) is 0 Å². The van der Waals surface area contributed by atoms with Gasteiger partial charge < -0.3 is 15.2 Å². The lowest BCUT2D eigenvalue weighted by molar-refractivity contribution is -0.121. The number of carbonyl (C=O) groups excluding carboxylic acids is 1. The second-order valence-electron chi connectivity index (χ2n) is 4.86. The first-order chi connectivity index (χ1) is 10.2. The summed E-state index contributed by atoms with van der Waals surface area (Å²) in [6.45, 7) is 2.25. The molecular weight excluding hydrogens is 273 g/mol. The van der Waals surface area contributed by atoms with E-state index >= 15 is 0 Å². The Kier molecular flexibility index (Phi) is 5.32. The molecule has 0 bridgehead atoms. The van der Waals surface area contributed by atoms with Gasteiger partial charge in [-0.1, -0.05) is 18.8 Å². The lowest BCUT2D eigenvalue weighted by Gasteiger charge is -2.16. The quantitative estimate of drug-likeness (QED) is 0.837. The van der Waals surface area contributed by atoms with Crippen LogP contribution in [0.5, 0.6) is 0 Å². The van der Waals surface area contributed by atoms with Gasteiger partial charge in [-0.2, -0.15) is 0 Å². The molecule has 1 amide bonds. The lowest BCUT2D eigenvalue weighted by Crippen LogP contribution is -2.29. The van der Waals surface area contributed by atoms with E-state index in [1.165, 1.54) is 12.1 Å². The molecule has 0 saturated carbocycles. The Morgan fingerprint density at radius 3 is 3.05 bits per heavy atom. The second kappa shape index (κ2) is 7.21. The highest BCUT2D eigenvalue weighted by Gasteiger charge is 2.33. The molecule has 5 heteroatoms. The van der Waals surface area contributed by atoms with Crippen LogP contribution in [0, 0.1) is 23.6 Å². The van der Waals surface area contributed by atoms with Crippen molar-refractivity contribution >= 4 is 11.6 Å². The van der Waals surface area contributed by atoms with Crippen LogP contribution in [-0.2, 0) is 9.53 Å². The van der Waals surface area contributed by atoms with Gasteiger partial charge in [-0.3, -0.25) is 4.79 Å². The van der Waals surface area contributed by atoms with Crippen molar-refractivity contribution in [2.45, 2.75) is 25.9 Å². The Labute approximate surface area is 123 Å². The highest BCUT2D eigenvalue weighted by molar-refractivity contribution is 5.93. The van der Waals surface area contributed by atoms with Gasteiger partial charge in [0.25, 0.3) is 0 Å². The highest BCUT2D eigenvalue weighted by Crippen LogP contribution is 2.25. The smallest absolute Gasteiger partial charge is 0.230 e. The van der Waals surface area contributed by atoms with Crippen molar-refractivity contribution in [3.63, 3.8) is 0 Å². The molecule has 0 radical (unpaired) electrons. The van der Waals surface area contributed by atoms with E-state index in [0.717, 1.165) is 6.42 Å². The fourth-order valence-electron chi connectivity index (χ4n) is 2.41. The van der Waals surface area contributed by atoms with Crippen LogP contribution in [0.2, 0.25) is 0 Å². The van der Waals surface area contributed by atoms with Gasteiger partial charge in [-0.25, -0.2) is 4.39 Å². The van der Waals surface area contributed by atoms with E-state index in [0.29, 0.717) is 18.6 Å². The maximum absolute atomic E-state index is 13.9. The molecule has 1 aromatic rings. The first-order valence-electron chi connectivity index (χ1n) is 6.97. The third kappa shape index (κ3) is 3.81. The van der Waals surface area contributed by atoms with E-state index in [-0.39, 0.29) is 30.2 Å². The molecule has 1 fully saturated rings. The fraction of sp³-hybridized carbons (Fsp3) is 0.438. The fourth-order valence-corrected chi connectivity index (χ4v) is 2.41. The van der Waals surface area contributed by atoms with Crippen LogP contribution in [0.15, 0.2) is 18.2 Å². The van der Waals surface area contributed by atoms with Crippen LogP contribution in [0.25, 0.3) is 0 Å². The van der Waals surface area contributed by atoms with E-state index in [4.69, 9.17) is 9.84 Å². The zero-order valence-electron chi connectivity index (χ0n) is 11.9. The minimum Gasteiger partial charge on any atom is -0.384 e. The molecule has 0 aliphatic carbocycles. The van der Waals surface area contributed by atoms with Gasteiger partial charge in [0.05, 0.1) is 17.7 Å². The molecule has 0 spiro atoms. The zero-order valence-corrected chi connectivity index (χ0v) is 11.9. The SMILES string of the molecule is CCC1OCCC1C(=O)Nc1ccc(C#CCO)cc1F. The van der Waals surface area contributed by atoms with Crippen molar-refractivity contribution in [1.82, 2.24) is 0 Å². The minimum absolute atomic E-state index is 0.0947. The summed E-state index contributed by atoms with van der Waals surface area (Å²) in [6, 6.07) is 4.32. The van der Waals surface area contributed by atoms with Crippen LogP contribution in [0.4, 0.5) is 10.1 Å². The Morgan fingerprint density at radius 2 is 2.38 bits per heavy atom. The third-order valence-electron chi connectivity index (χ3n) is 3.49. The van der Waals surface area contributed by atoms with Crippen LogP contribution in [-0.4, -0.2) is 30.3 Å². The number of rotatable bonds is 3. The Hall–Kier alpha value is -1.90. The van der Waals surface area contributed by atoms with Crippen LogP contribution >= 0.6 is 0 Å². The number of amides is 1. The number of aliphatic hydroxyl groups excluding tert-OH is 1. The van der Waals surface area contributed by atoms with E-state index in [9.17, 15) is 9.18 Å². The topological polar surface area (TPSA) is 58.6 Å². The molecule has 2 N–H and O–H groups in total. The van der Waals surface area contributed by atoms with Crippen LogP contribution in [0.1, 0.15) is 25.3 Å². The van der Waals surface area contributed by atoms with Crippen molar-refractivity contribution in [2.75, 3.05) is 18.5 Å². The lowest BCUT2D eigenvalue weighted by atomic mass is 9.98. The molecule has 2 rings (SSSR count). The predicted octanol–water partition coefficient (Wildman–Crippen LogP) is 1.92. The van der Waals surface area contributed by atoms with Crippen molar-refractivity contribution in [3.8, 4) is 11.8 Å². The molecule has 4 nitrogen and oxygen atoms in total. The minimum atomic E-state index is -0.542. The number of anilines is 1. The summed E-state index contributed by atoms with van der Waals surface area (Å²) in [5.41, 5.74) is 0.589. The molecule has 1 aliphatic heterocycles. The average molecular weight is 291 g/mol. The average Bonchev–Trinajstić information content (AvgIpc) is 2.96.